The van der Waals surface area contributed by atoms with E-state index >= 15 is 0 Å². The predicted octanol–water partition coefficient (Wildman–Crippen LogP) is 4.73. The van der Waals surface area contributed by atoms with E-state index < -0.39 is 29.6 Å². The lowest BCUT2D eigenvalue weighted by Gasteiger charge is -2.37. The summed E-state index contributed by atoms with van der Waals surface area (Å²) in [6.45, 7) is 1.57. The first kappa shape index (κ1) is 20.8. The lowest BCUT2D eigenvalue weighted by Crippen LogP contribution is -2.48. The Labute approximate surface area is 169 Å². The molecule has 3 rings (SSSR count). The van der Waals surface area contributed by atoms with Crippen molar-refractivity contribution in [2.75, 3.05) is 12.0 Å². The SMILES string of the molecule is COC(=O)C1=C(C)N(c2cccc(C(F)(F)F)c2)C(=S)N[C@H]1c1ccc(F)cc1. The average molecular weight is 424 g/mol. The Morgan fingerprint density at radius 1 is 1.17 bits per heavy atom. The van der Waals surface area contributed by atoms with Crippen LogP contribution in [0.1, 0.15) is 24.1 Å². The number of alkyl halides is 3. The normalized spacial score (nSPS) is 17.2. The van der Waals surface area contributed by atoms with Gasteiger partial charge in [-0.25, -0.2) is 9.18 Å². The van der Waals surface area contributed by atoms with Crippen LogP contribution in [0.3, 0.4) is 0 Å². The lowest BCUT2D eigenvalue weighted by molar-refractivity contribution is -0.138. The maximum absolute atomic E-state index is 13.3. The number of rotatable bonds is 3. The smallest absolute Gasteiger partial charge is 0.416 e. The molecular formula is C20H16F4N2O2S. The molecule has 1 N–H and O–H groups in total. The first-order chi connectivity index (χ1) is 13.6. The summed E-state index contributed by atoms with van der Waals surface area (Å²) in [5.41, 5.74) is 0.330. The first-order valence-corrected chi connectivity index (χ1v) is 8.86. The van der Waals surface area contributed by atoms with E-state index in [4.69, 9.17) is 17.0 Å². The van der Waals surface area contributed by atoms with Crippen molar-refractivity contribution in [3.8, 4) is 0 Å². The molecule has 0 saturated carbocycles. The number of carbonyl (C=O) groups excluding carboxylic acids is 1. The molecule has 1 aliphatic heterocycles. The van der Waals surface area contributed by atoms with E-state index in [1.165, 1.54) is 48.4 Å². The minimum atomic E-state index is -4.53. The number of benzene rings is 2. The number of halogens is 4. The molecule has 0 bridgehead atoms. The minimum Gasteiger partial charge on any atom is -0.466 e. The van der Waals surface area contributed by atoms with Gasteiger partial charge in [0.15, 0.2) is 5.11 Å². The second-order valence-corrected chi connectivity index (χ2v) is 6.69. The third-order valence-corrected chi connectivity index (χ3v) is 4.83. The topological polar surface area (TPSA) is 41.6 Å². The number of allylic oxidation sites excluding steroid dienone is 1. The summed E-state index contributed by atoms with van der Waals surface area (Å²) in [6, 6.07) is 9.34. The van der Waals surface area contributed by atoms with Crippen LogP contribution in [0.5, 0.6) is 0 Å². The molecule has 0 aliphatic carbocycles. The zero-order valence-electron chi connectivity index (χ0n) is 15.4. The van der Waals surface area contributed by atoms with Gasteiger partial charge in [0, 0.05) is 11.4 Å². The number of nitrogens with one attached hydrogen (secondary N) is 1. The number of hydrogen-bond acceptors (Lipinski definition) is 3. The molecule has 2 aromatic carbocycles. The molecule has 9 heteroatoms. The molecule has 0 unspecified atom stereocenters. The minimum absolute atomic E-state index is 0.101. The van der Waals surface area contributed by atoms with Crippen molar-refractivity contribution in [3.05, 3.63) is 76.7 Å². The summed E-state index contributed by atoms with van der Waals surface area (Å²) in [4.78, 5) is 13.8. The number of methoxy groups -OCH3 is 1. The van der Waals surface area contributed by atoms with Crippen molar-refractivity contribution in [1.29, 1.82) is 0 Å². The van der Waals surface area contributed by atoms with Gasteiger partial charge in [-0.05, 0) is 55.0 Å². The largest absolute Gasteiger partial charge is 0.466 e. The van der Waals surface area contributed by atoms with Gasteiger partial charge < -0.3 is 10.1 Å². The summed E-state index contributed by atoms with van der Waals surface area (Å²) in [6.07, 6.45) is -4.53. The third-order valence-electron chi connectivity index (χ3n) is 4.53. The van der Waals surface area contributed by atoms with Gasteiger partial charge in [-0.3, -0.25) is 4.90 Å². The Kier molecular flexibility index (Phi) is 5.61. The lowest BCUT2D eigenvalue weighted by atomic mass is 9.94. The summed E-state index contributed by atoms with van der Waals surface area (Å²) in [7, 11) is 1.20. The third kappa shape index (κ3) is 4.09. The van der Waals surface area contributed by atoms with Crippen LogP contribution in [0.15, 0.2) is 59.8 Å². The zero-order valence-corrected chi connectivity index (χ0v) is 16.2. The number of thiocarbonyl (C=S) groups is 1. The van der Waals surface area contributed by atoms with Gasteiger partial charge in [-0.15, -0.1) is 0 Å². The van der Waals surface area contributed by atoms with Crippen molar-refractivity contribution in [3.63, 3.8) is 0 Å². The van der Waals surface area contributed by atoms with E-state index in [1.807, 2.05) is 0 Å². The Bertz CT molecular complexity index is 987. The Hall–Kier alpha value is -2.94. The van der Waals surface area contributed by atoms with Crippen molar-refractivity contribution >= 4 is 29.0 Å². The van der Waals surface area contributed by atoms with E-state index in [0.717, 1.165) is 12.1 Å². The van der Waals surface area contributed by atoms with Crippen LogP contribution in [-0.2, 0) is 15.7 Å². The number of anilines is 1. The Morgan fingerprint density at radius 3 is 2.41 bits per heavy atom. The summed E-state index contributed by atoms with van der Waals surface area (Å²) >= 11 is 5.37. The van der Waals surface area contributed by atoms with Gasteiger partial charge in [0.2, 0.25) is 0 Å². The molecule has 0 saturated heterocycles. The van der Waals surface area contributed by atoms with Crippen LogP contribution < -0.4 is 10.2 Å². The number of hydrogen-bond donors (Lipinski definition) is 1. The van der Waals surface area contributed by atoms with Crippen LogP contribution >= 0.6 is 12.2 Å². The van der Waals surface area contributed by atoms with Crippen LogP contribution in [0.4, 0.5) is 23.2 Å². The molecule has 0 fully saturated rings. The molecule has 1 heterocycles. The monoisotopic (exact) mass is 424 g/mol. The van der Waals surface area contributed by atoms with Gasteiger partial charge in [0.1, 0.15) is 5.82 Å². The molecule has 152 valence electrons. The van der Waals surface area contributed by atoms with E-state index in [1.54, 1.807) is 6.92 Å². The molecule has 0 aromatic heterocycles. The van der Waals surface area contributed by atoms with Crippen LogP contribution in [0.2, 0.25) is 0 Å². The molecule has 0 spiro atoms. The van der Waals surface area contributed by atoms with Gasteiger partial charge in [0.25, 0.3) is 0 Å². The predicted molar refractivity (Wildman–Crippen MR) is 104 cm³/mol. The van der Waals surface area contributed by atoms with E-state index in [9.17, 15) is 22.4 Å². The average Bonchev–Trinajstić information content (AvgIpc) is 2.67. The van der Waals surface area contributed by atoms with Crippen LogP contribution in [-0.4, -0.2) is 18.2 Å². The Morgan fingerprint density at radius 2 is 1.83 bits per heavy atom. The number of carbonyl (C=O) groups is 1. The maximum atomic E-state index is 13.3. The fraction of sp³-hybridized carbons (Fsp3) is 0.200. The van der Waals surface area contributed by atoms with Crippen LogP contribution in [0.25, 0.3) is 0 Å². The zero-order chi connectivity index (χ0) is 21.3. The highest BCUT2D eigenvalue weighted by Crippen LogP contribution is 2.37. The molecule has 0 radical (unpaired) electrons. The Balaban J connectivity index is 2.13. The van der Waals surface area contributed by atoms with Gasteiger partial charge in [0.05, 0.1) is 24.3 Å². The first-order valence-electron chi connectivity index (χ1n) is 8.46. The highest BCUT2D eigenvalue weighted by atomic mass is 32.1. The fourth-order valence-electron chi connectivity index (χ4n) is 3.15. The maximum Gasteiger partial charge on any atom is 0.416 e. The van der Waals surface area contributed by atoms with Crippen molar-refractivity contribution < 1.29 is 27.1 Å². The molecule has 1 aliphatic rings. The van der Waals surface area contributed by atoms with Gasteiger partial charge in [-0.2, -0.15) is 13.2 Å². The van der Waals surface area contributed by atoms with Crippen LogP contribution in [0, 0.1) is 5.82 Å². The number of nitrogens with zero attached hydrogens (tertiary/aromatic N) is 1. The van der Waals surface area contributed by atoms with Gasteiger partial charge in [-0.1, -0.05) is 18.2 Å². The molecular weight excluding hydrogens is 408 g/mol. The molecule has 1 atom stereocenters. The summed E-state index contributed by atoms with van der Waals surface area (Å²) in [5, 5.41) is 3.05. The summed E-state index contributed by atoms with van der Waals surface area (Å²) in [5.74, 6) is -1.12. The molecule has 29 heavy (non-hydrogen) atoms. The highest BCUT2D eigenvalue weighted by Gasteiger charge is 2.36. The van der Waals surface area contributed by atoms with E-state index in [-0.39, 0.29) is 16.4 Å². The molecule has 2 aromatic rings. The van der Waals surface area contributed by atoms with E-state index in [0.29, 0.717) is 11.3 Å². The molecule has 0 amide bonds. The fourth-order valence-corrected chi connectivity index (χ4v) is 3.52. The van der Waals surface area contributed by atoms with Crippen molar-refractivity contribution in [2.45, 2.75) is 19.1 Å². The van der Waals surface area contributed by atoms with Crippen molar-refractivity contribution in [2.24, 2.45) is 0 Å². The quantitative estimate of drug-likeness (QED) is 0.439. The van der Waals surface area contributed by atoms with Gasteiger partial charge >= 0.3 is 12.1 Å². The van der Waals surface area contributed by atoms with Crippen molar-refractivity contribution in [1.82, 2.24) is 5.32 Å². The highest BCUT2D eigenvalue weighted by molar-refractivity contribution is 7.80. The standard InChI is InChI=1S/C20H16F4N2O2S/c1-11-16(18(27)28-2)17(12-6-8-14(21)9-7-12)25-19(29)26(11)15-5-3-4-13(10-15)20(22,23)24/h3-10,17H,1-2H3,(H,25,29)/t17-/m0/s1. The molecule has 4 nitrogen and oxygen atoms in total. The summed E-state index contributed by atoms with van der Waals surface area (Å²) < 4.78 is 57.5. The number of esters is 1. The number of ether oxygens (including phenoxy) is 1. The second-order valence-electron chi connectivity index (χ2n) is 6.31. The van der Waals surface area contributed by atoms with E-state index in [2.05, 4.69) is 5.32 Å². The second kappa shape index (κ2) is 7.82.